The summed E-state index contributed by atoms with van der Waals surface area (Å²) in [6.45, 7) is 0.504. The number of aryl methyl sites for hydroxylation is 1. The van der Waals surface area contributed by atoms with Crippen LogP contribution in [0.1, 0.15) is 26.9 Å². The summed E-state index contributed by atoms with van der Waals surface area (Å²) >= 11 is 8.70. The monoisotopic (exact) mass is 509 g/mol. The van der Waals surface area contributed by atoms with Crippen LogP contribution in [0.3, 0.4) is 0 Å². The zero-order valence-corrected chi connectivity index (χ0v) is 20.5. The van der Waals surface area contributed by atoms with Crippen LogP contribution in [0, 0.1) is 0 Å². The first-order valence-corrected chi connectivity index (χ1v) is 12.8. The maximum Gasteiger partial charge on any atom is 0.307 e. The average Bonchev–Trinajstić information content (AvgIpc) is 3.33. The summed E-state index contributed by atoms with van der Waals surface area (Å²) in [5.74, 6) is 0.280. The van der Waals surface area contributed by atoms with E-state index in [1.54, 1.807) is 41.6 Å². The highest BCUT2D eigenvalue weighted by Gasteiger charge is 2.32. The quantitative estimate of drug-likeness (QED) is 0.397. The normalized spacial score (nSPS) is 15.8. The molecule has 3 aromatic carbocycles. The second kappa shape index (κ2) is 9.29. The molecule has 172 valence electrons. The van der Waals surface area contributed by atoms with E-state index < -0.39 is 0 Å². The molecule has 1 saturated heterocycles. The van der Waals surface area contributed by atoms with Crippen molar-refractivity contribution in [2.24, 2.45) is 7.05 Å². The van der Waals surface area contributed by atoms with Crippen molar-refractivity contribution in [3.05, 3.63) is 98.1 Å². The Labute approximate surface area is 209 Å². The third-order valence-corrected chi connectivity index (χ3v) is 8.25. The lowest BCUT2D eigenvalue weighted by Gasteiger charge is -2.24. The summed E-state index contributed by atoms with van der Waals surface area (Å²) in [4.78, 5) is 39.0. The molecule has 1 N–H and O–H groups in total. The molecule has 9 heteroatoms. The second-order valence-electron chi connectivity index (χ2n) is 8.00. The SMILES string of the molecule is Cn1c(=O)sc2cc(NC(=O)c3ccc(C4SCC(=O)N4Cc4ccc(Cl)cc4)cc3)ccc21. The van der Waals surface area contributed by atoms with Crippen LogP contribution in [0.2, 0.25) is 5.02 Å². The number of aromatic nitrogens is 1. The lowest BCUT2D eigenvalue weighted by Crippen LogP contribution is -2.27. The second-order valence-corrected chi connectivity index (χ2v) is 10.5. The molecule has 2 heterocycles. The molecule has 0 spiro atoms. The molecule has 34 heavy (non-hydrogen) atoms. The van der Waals surface area contributed by atoms with Gasteiger partial charge in [0.1, 0.15) is 5.37 Å². The molecule has 1 fully saturated rings. The van der Waals surface area contributed by atoms with Crippen LogP contribution in [0.4, 0.5) is 5.69 Å². The highest BCUT2D eigenvalue weighted by molar-refractivity contribution is 8.00. The fourth-order valence-electron chi connectivity index (χ4n) is 3.90. The summed E-state index contributed by atoms with van der Waals surface area (Å²) in [6.07, 6.45) is 0. The van der Waals surface area contributed by atoms with Gasteiger partial charge in [-0.1, -0.05) is 47.2 Å². The highest BCUT2D eigenvalue weighted by Crippen LogP contribution is 2.39. The van der Waals surface area contributed by atoms with E-state index in [-0.39, 0.29) is 22.1 Å². The number of hydrogen-bond donors (Lipinski definition) is 1. The molecule has 0 saturated carbocycles. The number of nitrogens with zero attached hydrogens (tertiary/aromatic N) is 2. The summed E-state index contributed by atoms with van der Waals surface area (Å²) < 4.78 is 2.41. The topological polar surface area (TPSA) is 71.4 Å². The third kappa shape index (κ3) is 4.49. The number of nitrogens with one attached hydrogen (secondary N) is 1. The largest absolute Gasteiger partial charge is 0.322 e. The predicted molar refractivity (Wildman–Crippen MR) is 139 cm³/mol. The van der Waals surface area contributed by atoms with Crippen LogP contribution in [0.15, 0.2) is 71.5 Å². The van der Waals surface area contributed by atoms with E-state index in [0.717, 1.165) is 32.7 Å². The maximum atomic E-state index is 12.8. The smallest absolute Gasteiger partial charge is 0.307 e. The van der Waals surface area contributed by atoms with Crippen molar-refractivity contribution >= 4 is 62.4 Å². The number of thioether (sulfide) groups is 1. The number of amides is 2. The number of fused-ring (bicyclic) bond motifs is 1. The van der Waals surface area contributed by atoms with Gasteiger partial charge in [-0.2, -0.15) is 0 Å². The molecule has 0 radical (unpaired) electrons. The van der Waals surface area contributed by atoms with Gasteiger partial charge in [0.2, 0.25) is 5.91 Å². The Morgan fingerprint density at radius 2 is 1.79 bits per heavy atom. The Kier molecular flexibility index (Phi) is 6.20. The lowest BCUT2D eigenvalue weighted by atomic mass is 10.1. The van der Waals surface area contributed by atoms with Crippen molar-refractivity contribution in [1.29, 1.82) is 0 Å². The van der Waals surface area contributed by atoms with E-state index in [1.165, 1.54) is 0 Å². The van der Waals surface area contributed by atoms with Gasteiger partial charge in [0.25, 0.3) is 5.91 Å². The molecule has 1 atom stereocenters. The van der Waals surface area contributed by atoms with Crippen LogP contribution in [-0.2, 0) is 18.4 Å². The van der Waals surface area contributed by atoms with E-state index in [4.69, 9.17) is 11.6 Å². The number of benzene rings is 3. The minimum absolute atomic E-state index is 0.0394. The van der Waals surface area contributed by atoms with Crippen LogP contribution in [-0.4, -0.2) is 27.0 Å². The fourth-order valence-corrected chi connectivity index (χ4v) is 6.13. The molecule has 0 bridgehead atoms. The van der Waals surface area contributed by atoms with Gasteiger partial charge in [0.15, 0.2) is 0 Å². The minimum atomic E-state index is -0.234. The molecule has 1 aliphatic rings. The third-order valence-electron chi connectivity index (χ3n) is 5.74. The van der Waals surface area contributed by atoms with Crippen molar-refractivity contribution in [2.75, 3.05) is 11.1 Å². The molecule has 4 aromatic rings. The Balaban J connectivity index is 1.30. The number of hydrogen-bond acceptors (Lipinski definition) is 5. The number of halogens is 1. The maximum absolute atomic E-state index is 12.8. The van der Waals surface area contributed by atoms with Crippen molar-refractivity contribution < 1.29 is 9.59 Å². The molecule has 1 unspecified atom stereocenters. The highest BCUT2D eigenvalue weighted by atomic mass is 35.5. The number of anilines is 1. The van der Waals surface area contributed by atoms with Gasteiger partial charge in [-0.05, 0) is 53.6 Å². The molecular weight excluding hydrogens is 490 g/mol. The van der Waals surface area contributed by atoms with E-state index in [9.17, 15) is 14.4 Å². The minimum Gasteiger partial charge on any atom is -0.322 e. The summed E-state index contributed by atoms with van der Waals surface area (Å²) in [6, 6.07) is 20.3. The molecule has 1 aliphatic heterocycles. The number of rotatable bonds is 5. The van der Waals surface area contributed by atoms with Gasteiger partial charge in [0, 0.05) is 29.9 Å². The first-order valence-electron chi connectivity index (χ1n) is 10.6. The van der Waals surface area contributed by atoms with Gasteiger partial charge in [-0.3, -0.25) is 14.4 Å². The Morgan fingerprint density at radius 3 is 2.53 bits per heavy atom. The van der Waals surface area contributed by atoms with Gasteiger partial charge >= 0.3 is 4.87 Å². The standard InChI is InChI=1S/C25H20ClN3O3S2/c1-28-20-11-10-19(12-21(20)34-25(28)32)27-23(31)16-4-6-17(7-5-16)24-29(22(30)14-33-24)13-15-2-8-18(26)9-3-15/h2-12,24H,13-14H2,1H3,(H,27,31). The Hall–Kier alpha value is -3.07. The van der Waals surface area contributed by atoms with E-state index in [2.05, 4.69) is 5.32 Å². The first-order chi connectivity index (χ1) is 16.4. The molecule has 1 aromatic heterocycles. The summed E-state index contributed by atoms with van der Waals surface area (Å²) in [5, 5.41) is 3.45. The van der Waals surface area contributed by atoms with Crippen molar-refractivity contribution in [3.63, 3.8) is 0 Å². The van der Waals surface area contributed by atoms with Gasteiger partial charge in [-0.15, -0.1) is 11.8 Å². The average molecular weight is 510 g/mol. The van der Waals surface area contributed by atoms with Gasteiger partial charge < -0.3 is 14.8 Å². The molecule has 0 aliphatic carbocycles. The first kappa shape index (κ1) is 22.7. The molecule has 2 amide bonds. The molecular formula is C25H20ClN3O3S2. The van der Waals surface area contributed by atoms with Crippen molar-refractivity contribution in [2.45, 2.75) is 11.9 Å². The van der Waals surface area contributed by atoms with Crippen LogP contribution in [0.5, 0.6) is 0 Å². The van der Waals surface area contributed by atoms with Crippen molar-refractivity contribution in [1.82, 2.24) is 9.47 Å². The number of carbonyl (C=O) groups excluding carboxylic acids is 2. The van der Waals surface area contributed by atoms with E-state index in [1.807, 2.05) is 53.4 Å². The Bertz CT molecular complexity index is 1450. The van der Waals surface area contributed by atoms with Crippen LogP contribution < -0.4 is 10.2 Å². The number of thiazole rings is 1. The van der Waals surface area contributed by atoms with E-state index >= 15 is 0 Å². The van der Waals surface area contributed by atoms with E-state index in [0.29, 0.717) is 28.6 Å². The van der Waals surface area contributed by atoms with Gasteiger partial charge in [-0.25, -0.2) is 0 Å². The zero-order chi connectivity index (χ0) is 23.8. The van der Waals surface area contributed by atoms with Gasteiger partial charge in [0.05, 0.1) is 16.0 Å². The van der Waals surface area contributed by atoms with Crippen LogP contribution in [0.25, 0.3) is 10.2 Å². The summed E-state index contributed by atoms with van der Waals surface area (Å²) in [7, 11) is 1.73. The Morgan fingerprint density at radius 1 is 1.06 bits per heavy atom. The number of carbonyl (C=O) groups is 2. The fraction of sp³-hybridized carbons (Fsp3) is 0.160. The van der Waals surface area contributed by atoms with Crippen molar-refractivity contribution in [3.8, 4) is 0 Å². The van der Waals surface area contributed by atoms with Crippen LogP contribution >= 0.6 is 34.7 Å². The zero-order valence-electron chi connectivity index (χ0n) is 18.2. The molecule has 6 nitrogen and oxygen atoms in total. The lowest BCUT2D eigenvalue weighted by molar-refractivity contribution is -0.128. The summed E-state index contributed by atoms with van der Waals surface area (Å²) in [5.41, 5.74) is 3.97. The molecule has 5 rings (SSSR count). The predicted octanol–water partition coefficient (Wildman–Crippen LogP) is 5.28.